The average molecular weight is 449 g/mol. The van der Waals surface area contributed by atoms with Crippen LogP contribution in [0.2, 0.25) is 0 Å². The Bertz CT molecular complexity index is 1240. The summed E-state index contributed by atoms with van der Waals surface area (Å²) in [5, 5.41) is 7.66. The van der Waals surface area contributed by atoms with Crippen molar-refractivity contribution in [3.63, 3.8) is 0 Å². The van der Waals surface area contributed by atoms with Gasteiger partial charge in [0.2, 0.25) is 0 Å². The lowest BCUT2D eigenvalue weighted by atomic mass is 10.1. The first-order valence-corrected chi connectivity index (χ1v) is 11.0. The molecule has 0 spiro atoms. The molecule has 0 aliphatic carbocycles. The van der Waals surface area contributed by atoms with Gasteiger partial charge in [-0.2, -0.15) is 5.10 Å². The zero-order chi connectivity index (χ0) is 23.4. The summed E-state index contributed by atoms with van der Waals surface area (Å²) in [6.07, 6.45) is 6.32. The number of nitrogens with zero attached hydrogens (tertiary/aromatic N) is 5. The van der Waals surface area contributed by atoms with Crippen molar-refractivity contribution in [2.24, 2.45) is 7.05 Å². The minimum atomic E-state index is -0.339. The van der Waals surface area contributed by atoms with Crippen LogP contribution < -0.4 is 15.0 Å². The molecule has 1 N–H and O–H groups in total. The molecule has 2 aromatic heterocycles. The van der Waals surface area contributed by atoms with Crippen molar-refractivity contribution >= 4 is 22.4 Å². The summed E-state index contributed by atoms with van der Waals surface area (Å²) in [5.41, 5.74) is 4.87. The summed E-state index contributed by atoms with van der Waals surface area (Å²) < 4.78 is 21.4. The van der Waals surface area contributed by atoms with Crippen molar-refractivity contribution in [1.82, 2.24) is 25.1 Å². The predicted molar refractivity (Wildman–Crippen MR) is 129 cm³/mol. The monoisotopic (exact) mass is 448 g/mol. The molecule has 7 nitrogen and oxygen atoms in total. The third kappa shape index (κ3) is 5.46. The summed E-state index contributed by atoms with van der Waals surface area (Å²) >= 11 is 0. The van der Waals surface area contributed by atoms with Crippen molar-refractivity contribution in [2.45, 2.75) is 26.3 Å². The van der Waals surface area contributed by atoms with Gasteiger partial charge >= 0.3 is 0 Å². The number of anilines is 2. The maximum atomic E-state index is 14.3. The van der Waals surface area contributed by atoms with Crippen molar-refractivity contribution in [3.8, 4) is 17.0 Å². The van der Waals surface area contributed by atoms with E-state index in [0.717, 1.165) is 46.6 Å². The normalized spacial score (nSPS) is 11.3. The number of hydrogen-bond acceptors (Lipinski definition) is 6. The molecule has 33 heavy (non-hydrogen) atoms. The Morgan fingerprint density at radius 3 is 2.67 bits per heavy atom. The first kappa shape index (κ1) is 22.7. The van der Waals surface area contributed by atoms with Gasteiger partial charge in [0.05, 0.1) is 36.2 Å². The number of hydrogen-bond donors (Lipinski definition) is 1. The number of ether oxygens (including phenoxy) is 1. The van der Waals surface area contributed by atoms with Crippen LogP contribution >= 0.6 is 0 Å². The van der Waals surface area contributed by atoms with Crippen molar-refractivity contribution in [3.05, 3.63) is 60.8 Å². The molecule has 0 aliphatic rings. The second-order valence-electron chi connectivity index (χ2n) is 8.29. The van der Waals surface area contributed by atoms with Crippen LogP contribution in [0.3, 0.4) is 0 Å². The van der Waals surface area contributed by atoms with Crippen LogP contribution in [0, 0.1) is 5.82 Å². The van der Waals surface area contributed by atoms with Crippen LogP contribution in [0.25, 0.3) is 22.3 Å². The highest BCUT2D eigenvalue weighted by molar-refractivity contribution is 5.82. The number of aryl methyl sites for hydroxylation is 1. The van der Waals surface area contributed by atoms with Crippen molar-refractivity contribution in [1.29, 1.82) is 0 Å². The molecule has 4 aromatic rings. The maximum Gasteiger partial charge on any atom is 0.128 e. The summed E-state index contributed by atoms with van der Waals surface area (Å²) in [5.74, 6) is 0.142. The van der Waals surface area contributed by atoms with Gasteiger partial charge in [-0.25, -0.2) is 9.37 Å². The van der Waals surface area contributed by atoms with Crippen LogP contribution in [0.15, 0.2) is 55.0 Å². The number of rotatable bonds is 9. The molecule has 2 heterocycles. The number of fused-ring (bicyclic) bond motifs is 1. The molecular weight excluding hydrogens is 419 g/mol. The summed E-state index contributed by atoms with van der Waals surface area (Å²) in [6.45, 7) is 5.81. The zero-order valence-electron chi connectivity index (χ0n) is 19.4. The van der Waals surface area contributed by atoms with Crippen LogP contribution in [0.1, 0.15) is 20.3 Å². The van der Waals surface area contributed by atoms with Gasteiger partial charge in [-0.05, 0) is 37.2 Å². The smallest absolute Gasteiger partial charge is 0.128 e. The third-order valence-corrected chi connectivity index (χ3v) is 5.35. The van der Waals surface area contributed by atoms with Gasteiger partial charge in [0.15, 0.2) is 0 Å². The SMILES string of the molecule is COc1cc(F)cc(N(CCCNC(C)C)c2ccc3ncc(-c4cnn(C)c4)nc3c2)c1. The predicted octanol–water partition coefficient (Wildman–Crippen LogP) is 4.70. The van der Waals surface area contributed by atoms with Gasteiger partial charge in [0.1, 0.15) is 11.6 Å². The Balaban J connectivity index is 1.71. The maximum absolute atomic E-state index is 14.3. The molecule has 0 saturated heterocycles. The van der Waals surface area contributed by atoms with Crippen molar-refractivity contribution < 1.29 is 9.13 Å². The lowest BCUT2D eigenvalue weighted by Gasteiger charge is -2.26. The van der Waals surface area contributed by atoms with Gasteiger partial charge in [0.25, 0.3) is 0 Å². The molecule has 8 heteroatoms. The average Bonchev–Trinajstić information content (AvgIpc) is 3.24. The fourth-order valence-corrected chi connectivity index (χ4v) is 3.72. The van der Waals surface area contributed by atoms with Gasteiger partial charge in [0, 0.05) is 54.9 Å². The summed E-state index contributed by atoms with van der Waals surface area (Å²) in [7, 11) is 3.41. The van der Waals surface area contributed by atoms with Crippen LogP contribution in [-0.4, -0.2) is 46.0 Å². The van der Waals surface area contributed by atoms with Crippen LogP contribution in [0.5, 0.6) is 5.75 Å². The number of aromatic nitrogens is 4. The first-order valence-electron chi connectivity index (χ1n) is 11.0. The molecule has 0 fully saturated rings. The molecule has 0 bridgehead atoms. The lowest BCUT2D eigenvalue weighted by molar-refractivity contribution is 0.411. The van der Waals surface area contributed by atoms with E-state index in [9.17, 15) is 4.39 Å². The molecule has 0 aliphatic heterocycles. The Kier molecular flexibility index (Phi) is 6.84. The van der Waals surface area contributed by atoms with E-state index in [1.807, 2.05) is 37.5 Å². The van der Waals surface area contributed by atoms with Crippen molar-refractivity contribution in [2.75, 3.05) is 25.1 Å². The Labute approximate surface area is 193 Å². The molecule has 0 unspecified atom stereocenters. The minimum Gasteiger partial charge on any atom is -0.497 e. The van der Waals surface area contributed by atoms with E-state index < -0.39 is 0 Å². The number of nitrogens with one attached hydrogen (secondary N) is 1. The Morgan fingerprint density at radius 2 is 1.94 bits per heavy atom. The zero-order valence-corrected chi connectivity index (χ0v) is 19.4. The molecule has 4 rings (SSSR count). The van der Waals surface area contributed by atoms with E-state index >= 15 is 0 Å². The van der Waals surface area contributed by atoms with E-state index in [1.54, 1.807) is 24.2 Å². The minimum absolute atomic E-state index is 0.339. The Morgan fingerprint density at radius 1 is 1.09 bits per heavy atom. The highest BCUT2D eigenvalue weighted by Gasteiger charge is 2.14. The van der Waals surface area contributed by atoms with Gasteiger partial charge in [-0.1, -0.05) is 13.8 Å². The standard InChI is InChI=1S/C25H29FN6O/c1-17(2)27-8-5-9-32(21-10-19(26)11-22(12-21)33-4)20-6-7-23-24(13-20)30-25(15-28-23)18-14-29-31(3)16-18/h6-7,10-17,27H,5,8-9H2,1-4H3. The van der Waals surface area contributed by atoms with E-state index in [-0.39, 0.29) is 5.82 Å². The van der Waals surface area contributed by atoms with Crippen LogP contribution in [0.4, 0.5) is 15.8 Å². The van der Waals surface area contributed by atoms with Gasteiger partial charge < -0.3 is 15.0 Å². The molecule has 0 amide bonds. The molecule has 172 valence electrons. The topological polar surface area (TPSA) is 68.1 Å². The highest BCUT2D eigenvalue weighted by Crippen LogP contribution is 2.31. The van der Waals surface area contributed by atoms with E-state index in [4.69, 9.17) is 9.72 Å². The number of methoxy groups -OCH3 is 1. The second-order valence-corrected chi connectivity index (χ2v) is 8.29. The highest BCUT2D eigenvalue weighted by atomic mass is 19.1. The van der Waals surface area contributed by atoms with E-state index in [1.165, 1.54) is 12.1 Å². The first-order chi connectivity index (χ1) is 15.9. The fourth-order valence-electron chi connectivity index (χ4n) is 3.72. The third-order valence-electron chi connectivity index (χ3n) is 5.35. The largest absolute Gasteiger partial charge is 0.497 e. The van der Waals surface area contributed by atoms with Gasteiger partial charge in [-0.3, -0.25) is 9.67 Å². The summed E-state index contributed by atoms with van der Waals surface area (Å²) in [6, 6.07) is 11.1. The molecule has 0 atom stereocenters. The molecule has 2 aromatic carbocycles. The molecular formula is C25H29FN6O. The van der Waals surface area contributed by atoms with Gasteiger partial charge in [-0.15, -0.1) is 0 Å². The fraction of sp³-hybridized carbons (Fsp3) is 0.320. The van der Waals surface area contributed by atoms with E-state index in [2.05, 4.69) is 34.1 Å². The molecule has 0 saturated carbocycles. The lowest BCUT2D eigenvalue weighted by Crippen LogP contribution is -2.27. The Hall–Kier alpha value is -3.52. The quantitative estimate of drug-likeness (QED) is 0.374. The number of benzene rings is 2. The molecule has 0 radical (unpaired) electrons. The summed E-state index contributed by atoms with van der Waals surface area (Å²) in [4.78, 5) is 11.5. The van der Waals surface area contributed by atoms with Crippen LogP contribution in [-0.2, 0) is 7.05 Å². The van der Waals surface area contributed by atoms with E-state index in [0.29, 0.717) is 18.3 Å². The second kappa shape index (κ2) is 9.95. The number of halogens is 1.